The third kappa shape index (κ3) is 2.08. The summed E-state index contributed by atoms with van der Waals surface area (Å²) in [4.78, 5) is 0. The fourth-order valence-corrected chi connectivity index (χ4v) is 1.37. The Hall–Kier alpha value is -0.820. The molecule has 0 aromatic rings. The number of allylic oxidation sites excluding steroid dienone is 5. The van der Waals surface area contributed by atoms with Crippen molar-refractivity contribution in [2.75, 3.05) is 7.11 Å². The van der Waals surface area contributed by atoms with E-state index in [1.165, 1.54) is 5.57 Å². The molecule has 1 aliphatic carbocycles. The van der Waals surface area contributed by atoms with Crippen molar-refractivity contribution in [1.29, 1.82) is 0 Å². The zero-order chi connectivity index (χ0) is 8.97. The second kappa shape index (κ2) is 4.27. The van der Waals surface area contributed by atoms with Crippen LogP contribution < -0.4 is 0 Å². The van der Waals surface area contributed by atoms with Crippen molar-refractivity contribution in [3.05, 3.63) is 36.0 Å². The maximum atomic E-state index is 5.28. The normalized spacial score (nSPS) is 24.9. The predicted octanol–water partition coefficient (Wildman–Crippen LogP) is 2.71. The molecule has 1 nitrogen and oxygen atoms in total. The zero-order valence-corrected chi connectivity index (χ0v) is 7.95. The SMILES string of the molecule is COC(C)C1=CC=CC=CC1C. The molecule has 0 spiro atoms. The van der Waals surface area contributed by atoms with Gasteiger partial charge in [-0.15, -0.1) is 0 Å². The molecule has 1 heteroatoms. The van der Waals surface area contributed by atoms with E-state index in [-0.39, 0.29) is 6.10 Å². The van der Waals surface area contributed by atoms with E-state index in [1.54, 1.807) is 7.11 Å². The van der Waals surface area contributed by atoms with Crippen LogP contribution in [0.4, 0.5) is 0 Å². The topological polar surface area (TPSA) is 9.23 Å². The number of ether oxygens (including phenoxy) is 1. The Kier molecular flexibility index (Phi) is 3.30. The molecule has 66 valence electrons. The van der Waals surface area contributed by atoms with E-state index in [2.05, 4.69) is 38.2 Å². The van der Waals surface area contributed by atoms with E-state index in [9.17, 15) is 0 Å². The van der Waals surface area contributed by atoms with Crippen LogP contribution in [0, 0.1) is 5.92 Å². The van der Waals surface area contributed by atoms with Gasteiger partial charge < -0.3 is 4.74 Å². The Bertz CT molecular complexity index is 223. The van der Waals surface area contributed by atoms with Crippen LogP contribution in [0.15, 0.2) is 36.0 Å². The van der Waals surface area contributed by atoms with Gasteiger partial charge in [0, 0.05) is 7.11 Å². The average molecular weight is 164 g/mol. The van der Waals surface area contributed by atoms with Gasteiger partial charge in [0.15, 0.2) is 0 Å². The minimum atomic E-state index is 0.215. The summed E-state index contributed by atoms with van der Waals surface area (Å²) in [5.74, 6) is 0.481. The molecule has 1 rings (SSSR count). The summed E-state index contributed by atoms with van der Waals surface area (Å²) in [7, 11) is 1.75. The van der Waals surface area contributed by atoms with Crippen molar-refractivity contribution in [3.8, 4) is 0 Å². The van der Waals surface area contributed by atoms with Gasteiger partial charge in [-0.25, -0.2) is 0 Å². The molecule has 0 saturated heterocycles. The van der Waals surface area contributed by atoms with Crippen LogP contribution in [0.25, 0.3) is 0 Å². The Balaban J connectivity index is 2.79. The van der Waals surface area contributed by atoms with Gasteiger partial charge in [-0.05, 0) is 18.4 Å². The van der Waals surface area contributed by atoms with Crippen molar-refractivity contribution in [2.24, 2.45) is 5.92 Å². The van der Waals surface area contributed by atoms with Crippen molar-refractivity contribution in [3.63, 3.8) is 0 Å². The molecule has 12 heavy (non-hydrogen) atoms. The van der Waals surface area contributed by atoms with Gasteiger partial charge in [0.1, 0.15) is 0 Å². The van der Waals surface area contributed by atoms with Crippen LogP contribution in [-0.4, -0.2) is 13.2 Å². The van der Waals surface area contributed by atoms with Crippen LogP contribution in [0.1, 0.15) is 13.8 Å². The lowest BCUT2D eigenvalue weighted by molar-refractivity contribution is 0.141. The van der Waals surface area contributed by atoms with E-state index in [1.807, 2.05) is 6.08 Å². The highest BCUT2D eigenvalue weighted by atomic mass is 16.5. The molecule has 0 aromatic carbocycles. The molecule has 1 aliphatic rings. The van der Waals surface area contributed by atoms with Crippen LogP contribution >= 0.6 is 0 Å². The average Bonchev–Trinajstić information content (AvgIpc) is 2.28. The highest BCUT2D eigenvalue weighted by Gasteiger charge is 2.12. The lowest BCUT2D eigenvalue weighted by Crippen LogP contribution is -2.13. The minimum Gasteiger partial charge on any atom is -0.377 e. The monoisotopic (exact) mass is 164 g/mol. The smallest absolute Gasteiger partial charge is 0.0761 e. The Morgan fingerprint density at radius 1 is 1.33 bits per heavy atom. The van der Waals surface area contributed by atoms with E-state index in [0.717, 1.165) is 0 Å². The fourth-order valence-electron chi connectivity index (χ4n) is 1.37. The third-order valence-electron chi connectivity index (χ3n) is 2.26. The van der Waals surface area contributed by atoms with Crippen molar-refractivity contribution in [1.82, 2.24) is 0 Å². The molecular weight excluding hydrogens is 148 g/mol. The van der Waals surface area contributed by atoms with Gasteiger partial charge in [0.25, 0.3) is 0 Å². The first-order valence-electron chi connectivity index (χ1n) is 4.33. The molecular formula is C11H16O. The molecule has 0 aromatic heterocycles. The molecule has 0 heterocycles. The molecule has 0 bridgehead atoms. The van der Waals surface area contributed by atoms with Crippen molar-refractivity contribution in [2.45, 2.75) is 20.0 Å². The van der Waals surface area contributed by atoms with Crippen LogP contribution in [0.3, 0.4) is 0 Å². The lowest BCUT2D eigenvalue weighted by Gasteiger charge is -2.17. The summed E-state index contributed by atoms with van der Waals surface area (Å²) < 4.78 is 5.28. The van der Waals surface area contributed by atoms with Crippen LogP contribution in [-0.2, 0) is 4.74 Å². The van der Waals surface area contributed by atoms with E-state index in [0.29, 0.717) is 5.92 Å². The number of rotatable bonds is 2. The van der Waals surface area contributed by atoms with E-state index >= 15 is 0 Å². The Morgan fingerprint density at radius 3 is 2.75 bits per heavy atom. The third-order valence-corrected chi connectivity index (χ3v) is 2.26. The molecule has 0 saturated carbocycles. The van der Waals surface area contributed by atoms with Gasteiger partial charge in [0.2, 0.25) is 0 Å². The Labute approximate surface area is 74.4 Å². The molecule has 2 atom stereocenters. The molecule has 0 fully saturated rings. The van der Waals surface area contributed by atoms with Gasteiger partial charge >= 0.3 is 0 Å². The molecule has 0 aliphatic heterocycles. The van der Waals surface area contributed by atoms with Gasteiger partial charge in [0.05, 0.1) is 6.10 Å². The molecule has 0 radical (unpaired) electrons. The first kappa shape index (κ1) is 9.27. The lowest BCUT2D eigenvalue weighted by atomic mass is 9.97. The summed E-state index contributed by atoms with van der Waals surface area (Å²) in [6, 6.07) is 0. The van der Waals surface area contributed by atoms with E-state index in [4.69, 9.17) is 4.74 Å². The highest BCUT2D eigenvalue weighted by Crippen LogP contribution is 2.20. The first-order valence-corrected chi connectivity index (χ1v) is 4.33. The minimum absolute atomic E-state index is 0.215. The predicted molar refractivity (Wildman–Crippen MR) is 52.0 cm³/mol. The van der Waals surface area contributed by atoms with Gasteiger partial charge in [-0.1, -0.05) is 37.3 Å². The number of hydrogen-bond donors (Lipinski definition) is 0. The summed E-state index contributed by atoms with van der Waals surface area (Å²) >= 11 is 0. The maximum Gasteiger partial charge on any atom is 0.0761 e. The molecule has 0 N–H and O–H groups in total. The zero-order valence-electron chi connectivity index (χ0n) is 7.95. The highest BCUT2D eigenvalue weighted by molar-refractivity contribution is 5.27. The summed E-state index contributed by atoms with van der Waals surface area (Å²) in [5, 5.41) is 0. The standard InChI is InChI=1S/C11H16O/c1-9-7-5-4-6-8-11(9)10(2)12-3/h4-10H,1-3H3. The molecule has 2 unspecified atom stereocenters. The quantitative estimate of drug-likeness (QED) is 0.609. The fraction of sp³-hybridized carbons (Fsp3) is 0.455. The summed E-state index contributed by atoms with van der Waals surface area (Å²) in [6.45, 7) is 4.26. The van der Waals surface area contributed by atoms with Gasteiger partial charge in [-0.3, -0.25) is 0 Å². The second-order valence-corrected chi connectivity index (χ2v) is 3.10. The number of methoxy groups -OCH3 is 1. The van der Waals surface area contributed by atoms with Crippen LogP contribution in [0.5, 0.6) is 0 Å². The largest absolute Gasteiger partial charge is 0.377 e. The van der Waals surface area contributed by atoms with Gasteiger partial charge in [-0.2, -0.15) is 0 Å². The summed E-state index contributed by atoms with van der Waals surface area (Å²) in [5.41, 5.74) is 1.34. The number of hydrogen-bond acceptors (Lipinski definition) is 1. The van der Waals surface area contributed by atoms with E-state index < -0.39 is 0 Å². The maximum absolute atomic E-state index is 5.28. The summed E-state index contributed by atoms with van der Waals surface area (Å²) in [6.07, 6.45) is 10.7. The Morgan fingerprint density at radius 2 is 2.08 bits per heavy atom. The first-order chi connectivity index (χ1) is 5.75. The van der Waals surface area contributed by atoms with Crippen molar-refractivity contribution >= 4 is 0 Å². The molecule has 0 amide bonds. The van der Waals surface area contributed by atoms with Crippen molar-refractivity contribution < 1.29 is 4.74 Å². The second-order valence-electron chi connectivity index (χ2n) is 3.10. The van der Waals surface area contributed by atoms with Crippen LogP contribution in [0.2, 0.25) is 0 Å².